The van der Waals surface area contributed by atoms with Gasteiger partial charge in [-0.3, -0.25) is 0 Å². The van der Waals surface area contributed by atoms with E-state index in [1.807, 2.05) is 39.0 Å². The van der Waals surface area contributed by atoms with Gasteiger partial charge in [-0.15, -0.1) is 0 Å². The number of rotatable bonds is 2. The highest BCUT2D eigenvalue weighted by atomic mass is 16.7. The van der Waals surface area contributed by atoms with E-state index in [9.17, 15) is 4.79 Å². The molecular weight excluding hydrogens is 354 g/mol. The minimum atomic E-state index is -0.584. The number of oxime groups is 1. The number of carbonyl (C=O) groups is 1. The first-order chi connectivity index (χ1) is 13.0. The van der Waals surface area contributed by atoms with Crippen molar-refractivity contribution in [2.75, 3.05) is 6.79 Å². The molecule has 0 amide bonds. The van der Waals surface area contributed by atoms with Crippen LogP contribution in [0.3, 0.4) is 0 Å². The van der Waals surface area contributed by atoms with Gasteiger partial charge in [0.2, 0.25) is 6.79 Å². The zero-order valence-electron chi connectivity index (χ0n) is 17.6. The minimum Gasteiger partial charge on any atom is -0.454 e. The Balaban J connectivity index is 1.74. The maximum absolute atomic E-state index is 12.3. The van der Waals surface area contributed by atoms with Crippen molar-refractivity contribution in [3.8, 4) is 11.5 Å². The minimum absolute atomic E-state index is 0.0577. The van der Waals surface area contributed by atoms with Crippen LogP contribution in [-0.2, 0) is 9.63 Å². The monoisotopic (exact) mass is 383 g/mol. The standard InChI is InChI=1S/C23H29NO4/c1-21(2,3)20(25)28-24-19-15(16-9-10-23(19,6)22(16,4)5)11-14-7-8-17-18(12-14)27-13-26-17/h7-8,11-12,16H,9-10,13H2,1-6H3/b15-11+,24-19+/t16-,23+/m1/s1. The van der Waals surface area contributed by atoms with E-state index in [-0.39, 0.29) is 23.6 Å². The van der Waals surface area contributed by atoms with E-state index in [4.69, 9.17) is 14.3 Å². The van der Waals surface area contributed by atoms with Crippen molar-refractivity contribution in [1.82, 2.24) is 0 Å². The van der Waals surface area contributed by atoms with Crippen molar-refractivity contribution >= 4 is 17.8 Å². The molecule has 1 aliphatic heterocycles. The number of carbonyl (C=O) groups excluding carboxylic acids is 1. The smallest absolute Gasteiger partial charge is 0.340 e. The largest absolute Gasteiger partial charge is 0.454 e. The van der Waals surface area contributed by atoms with Crippen LogP contribution in [0.5, 0.6) is 11.5 Å². The van der Waals surface area contributed by atoms with Gasteiger partial charge in [0.25, 0.3) is 0 Å². The van der Waals surface area contributed by atoms with E-state index in [0.717, 1.165) is 35.6 Å². The molecule has 2 saturated carbocycles. The summed E-state index contributed by atoms with van der Waals surface area (Å²) in [6.45, 7) is 12.6. The molecular formula is C23H29NO4. The van der Waals surface area contributed by atoms with Gasteiger partial charge in [-0.05, 0) is 74.3 Å². The molecule has 28 heavy (non-hydrogen) atoms. The lowest BCUT2D eigenvalue weighted by molar-refractivity contribution is -0.153. The average Bonchev–Trinajstić information content (AvgIpc) is 3.20. The Bertz CT molecular complexity index is 890. The molecule has 150 valence electrons. The lowest BCUT2D eigenvalue weighted by atomic mass is 9.70. The Morgan fingerprint density at radius 3 is 2.64 bits per heavy atom. The fourth-order valence-electron chi connectivity index (χ4n) is 4.68. The lowest BCUT2D eigenvalue weighted by Crippen LogP contribution is -2.33. The third kappa shape index (κ3) is 2.75. The van der Waals surface area contributed by atoms with Crippen LogP contribution in [0.25, 0.3) is 6.08 Å². The number of hydrogen-bond donors (Lipinski definition) is 0. The van der Waals surface area contributed by atoms with Gasteiger partial charge in [0, 0.05) is 5.41 Å². The Kier molecular flexibility index (Phi) is 4.15. The molecule has 2 fully saturated rings. The molecule has 0 N–H and O–H groups in total. The van der Waals surface area contributed by atoms with Gasteiger partial charge >= 0.3 is 5.97 Å². The molecule has 1 aromatic carbocycles. The first-order valence-corrected chi connectivity index (χ1v) is 9.95. The van der Waals surface area contributed by atoms with E-state index >= 15 is 0 Å². The Morgan fingerprint density at radius 1 is 1.21 bits per heavy atom. The van der Waals surface area contributed by atoms with Gasteiger partial charge in [0.05, 0.1) is 11.1 Å². The SMILES string of the molecule is CC(C)(C)C(=O)O/N=C1\C(=C\c2ccc3c(c2)OCO3)[C@H]2CC[C@]1(C)C2(C)C. The van der Waals surface area contributed by atoms with Crippen molar-refractivity contribution < 1.29 is 19.1 Å². The molecule has 2 atom stereocenters. The highest BCUT2D eigenvalue weighted by Gasteiger charge is 2.63. The molecule has 0 unspecified atom stereocenters. The van der Waals surface area contributed by atoms with Crippen LogP contribution in [0.15, 0.2) is 28.9 Å². The third-order valence-corrected chi connectivity index (χ3v) is 6.95. The van der Waals surface area contributed by atoms with E-state index in [2.05, 4.69) is 32.0 Å². The number of allylic oxidation sites excluding steroid dienone is 1. The molecule has 4 rings (SSSR count). The summed E-state index contributed by atoms with van der Waals surface area (Å²) >= 11 is 0. The van der Waals surface area contributed by atoms with Crippen molar-refractivity contribution in [3.05, 3.63) is 29.3 Å². The summed E-state index contributed by atoms with van der Waals surface area (Å²) in [7, 11) is 0. The fourth-order valence-corrected chi connectivity index (χ4v) is 4.68. The molecule has 2 bridgehead atoms. The summed E-state index contributed by atoms with van der Waals surface area (Å²) in [5.41, 5.74) is 2.48. The van der Waals surface area contributed by atoms with Crippen molar-refractivity contribution in [3.63, 3.8) is 0 Å². The number of fused-ring (bicyclic) bond motifs is 3. The Hall–Kier alpha value is -2.30. The molecule has 0 spiro atoms. The molecule has 1 aromatic rings. The highest BCUT2D eigenvalue weighted by Crippen LogP contribution is 2.66. The average molecular weight is 383 g/mol. The number of hydrogen-bond acceptors (Lipinski definition) is 5. The number of ether oxygens (including phenoxy) is 2. The molecule has 0 saturated heterocycles. The summed E-state index contributed by atoms with van der Waals surface area (Å²) in [6.07, 6.45) is 4.34. The molecule has 5 nitrogen and oxygen atoms in total. The van der Waals surface area contributed by atoms with Gasteiger partial charge in [-0.1, -0.05) is 32.0 Å². The topological polar surface area (TPSA) is 57.1 Å². The summed E-state index contributed by atoms with van der Waals surface area (Å²) in [4.78, 5) is 17.7. The molecule has 5 heteroatoms. The van der Waals surface area contributed by atoms with Gasteiger partial charge in [0.1, 0.15) is 0 Å². The van der Waals surface area contributed by atoms with Gasteiger partial charge in [-0.2, -0.15) is 0 Å². The van der Waals surface area contributed by atoms with Crippen LogP contribution < -0.4 is 9.47 Å². The van der Waals surface area contributed by atoms with E-state index in [1.54, 1.807) is 0 Å². The van der Waals surface area contributed by atoms with E-state index in [1.165, 1.54) is 5.57 Å². The summed E-state index contributed by atoms with van der Waals surface area (Å²) in [6, 6.07) is 5.96. The first kappa shape index (κ1) is 19.0. The Labute approximate surface area is 166 Å². The van der Waals surface area contributed by atoms with Crippen molar-refractivity contribution in [2.45, 2.75) is 54.4 Å². The summed E-state index contributed by atoms with van der Waals surface area (Å²) in [5.74, 6) is 1.61. The zero-order valence-corrected chi connectivity index (χ0v) is 17.6. The second kappa shape index (κ2) is 6.10. The maximum Gasteiger partial charge on any atom is 0.340 e. The molecule has 0 radical (unpaired) electrons. The van der Waals surface area contributed by atoms with Crippen molar-refractivity contribution in [1.29, 1.82) is 0 Å². The molecule has 2 aliphatic carbocycles. The van der Waals surface area contributed by atoms with Gasteiger partial charge < -0.3 is 14.3 Å². The van der Waals surface area contributed by atoms with Gasteiger partial charge in [-0.25, -0.2) is 4.79 Å². The van der Waals surface area contributed by atoms with Gasteiger partial charge in [0.15, 0.2) is 11.5 Å². The zero-order chi connectivity index (χ0) is 20.3. The van der Waals surface area contributed by atoms with Crippen LogP contribution >= 0.6 is 0 Å². The van der Waals surface area contributed by atoms with Crippen LogP contribution in [0.4, 0.5) is 0 Å². The normalized spacial score (nSPS) is 30.3. The Morgan fingerprint density at radius 2 is 1.93 bits per heavy atom. The molecule has 1 heterocycles. The van der Waals surface area contributed by atoms with Crippen LogP contribution in [0.1, 0.15) is 59.9 Å². The summed E-state index contributed by atoms with van der Waals surface area (Å²) in [5, 5.41) is 4.43. The van der Waals surface area contributed by atoms with Crippen LogP contribution in [-0.4, -0.2) is 18.5 Å². The van der Waals surface area contributed by atoms with Crippen LogP contribution in [0, 0.1) is 22.2 Å². The number of benzene rings is 1. The first-order valence-electron chi connectivity index (χ1n) is 9.95. The lowest BCUT2D eigenvalue weighted by Gasteiger charge is -2.33. The number of nitrogens with zero attached hydrogens (tertiary/aromatic N) is 1. The second-order valence-electron chi connectivity index (χ2n) is 9.93. The highest BCUT2D eigenvalue weighted by molar-refractivity contribution is 6.11. The molecule has 0 aromatic heterocycles. The fraction of sp³-hybridized carbons (Fsp3) is 0.565. The summed E-state index contributed by atoms with van der Waals surface area (Å²) < 4.78 is 10.9. The third-order valence-electron chi connectivity index (χ3n) is 6.95. The molecule has 3 aliphatic rings. The predicted molar refractivity (Wildman–Crippen MR) is 108 cm³/mol. The van der Waals surface area contributed by atoms with Crippen LogP contribution in [0.2, 0.25) is 0 Å². The maximum atomic E-state index is 12.3. The quantitative estimate of drug-likeness (QED) is 0.520. The van der Waals surface area contributed by atoms with E-state index in [0.29, 0.717) is 5.92 Å². The van der Waals surface area contributed by atoms with E-state index < -0.39 is 5.41 Å². The predicted octanol–water partition coefficient (Wildman–Crippen LogP) is 5.20. The second-order valence-corrected chi connectivity index (χ2v) is 9.93. The van der Waals surface area contributed by atoms with Crippen molar-refractivity contribution in [2.24, 2.45) is 27.3 Å².